The molecule has 0 aliphatic heterocycles. The highest BCUT2D eigenvalue weighted by Crippen LogP contribution is 2.18. The molecule has 2 aromatic heterocycles. The summed E-state index contributed by atoms with van der Waals surface area (Å²) in [6, 6.07) is 4.78. The number of hydrogen-bond acceptors (Lipinski definition) is 3. The molecule has 17 heavy (non-hydrogen) atoms. The summed E-state index contributed by atoms with van der Waals surface area (Å²) in [6.07, 6.45) is 1.82. The number of hydrogen-bond donors (Lipinski definition) is 1. The van der Waals surface area contributed by atoms with Gasteiger partial charge in [-0.15, -0.1) is 0 Å². The quantitative estimate of drug-likeness (QED) is 0.880. The Kier molecular flexibility index (Phi) is 3.43. The molecule has 0 spiro atoms. The van der Waals surface area contributed by atoms with Crippen LogP contribution < -0.4 is 5.32 Å². The van der Waals surface area contributed by atoms with Gasteiger partial charge < -0.3 is 9.88 Å². The Hall–Kier alpha value is -1.42. The van der Waals surface area contributed by atoms with Gasteiger partial charge in [0, 0.05) is 18.3 Å². The van der Waals surface area contributed by atoms with Crippen molar-refractivity contribution in [3.63, 3.8) is 0 Å². The van der Waals surface area contributed by atoms with Gasteiger partial charge in [0.05, 0.1) is 6.54 Å². The van der Waals surface area contributed by atoms with Crippen molar-refractivity contribution in [1.29, 1.82) is 0 Å². The molecule has 0 aliphatic rings. The molecule has 0 aliphatic carbocycles. The molecule has 0 aromatic carbocycles. The second-order valence-electron chi connectivity index (χ2n) is 4.87. The predicted molar refractivity (Wildman–Crippen MR) is 69.9 cm³/mol. The van der Waals surface area contributed by atoms with Gasteiger partial charge in [-0.05, 0) is 26.0 Å². The lowest BCUT2D eigenvalue weighted by molar-refractivity contribution is 0.522. The van der Waals surface area contributed by atoms with Crippen molar-refractivity contribution in [1.82, 2.24) is 19.9 Å². The van der Waals surface area contributed by atoms with Gasteiger partial charge >= 0.3 is 0 Å². The molecule has 0 bridgehead atoms. The maximum absolute atomic E-state index is 4.64. The standard InChI is InChI=1S/C13H20N4/c1-9(2)15-8-12-16-11-6-5-7-14-13(11)17(12)10(3)4/h5-7,9-10,15H,8H2,1-4H3. The van der Waals surface area contributed by atoms with E-state index in [1.54, 1.807) is 0 Å². The van der Waals surface area contributed by atoms with Crippen LogP contribution in [0.4, 0.5) is 0 Å². The largest absolute Gasteiger partial charge is 0.309 e. The summed E-state index contributed by atoms with van der Waals surface area (Å²) in [4.78, 5) is 9.07. The monoisotopic (exact) mass is 232 g/mol. The molecule has 2 rings (SSSR count). The minimum atomic E-state index is 0.374. The highest BCUT2D eigenvalue weighted by atomic mass is 15.2. The minimum absolute atomic E-state index is 0.374. The lowest BCUT2D eigenvalue weighted by atomic mass is 10.3. The Morgan fingerprint density at radius 2 is 2.06 bits per heavy atom. The summed E-state index contributed by atoms with van der Waals surface area (Å²) in [5, 5.41) is 3.41. The first kappa shape index (κ1) is 12.0. The van der Waals surface area contributed by atoms with Crippen molar-refractivity contribution in [3.8, 4) is 0 Å². The van der Waals surface area contributed by atoms with E-state index < -0.39 is 0 Å². The third-order valence-corrected chi connectivity index (χ3v) is 2.71. The molecule has 92 valence electrons. The first-order valence-electron chi connectivity index (χ1n) is 6.14. The Bertz CT molecular complexity index is 499. The van der Waals surface area contributed by atoms with Crippen molar-refractivity contribution in [2.24, 2.45) is 0 Å². The van der Waals surface area contributed by atoms with E-state index in [4.69, 9.17) is 0 Å². The van der Waals surface area contributed by atoms with Crippen LogP contribution in [-0.4, -0.2) is 20.6 Å². The van der Waals surface area contributed by atoms with Crippen LogP contribution in [0.3, 0.4) is 0 Å². The molecule has 2 aromatic rings. The van der Waals surface area contributed by atoms with Gasteiger partial charge in [0.15, 0.2) is 5.65 Å². The molecule has 0 saturated carbocycles. The van der Waals surface area contributed by atoms with Crippen LogP contribution >= 0.6 is 0 Å². The summed E-state index contributed by atoms with van der Waals surface area (Å²) >= 11 is 0. The van der Waals surface area contributed by atoms with Crippen molar-refractivity contribution in [2.45, 2.75) is 46.3 Å². The van der Waals surface area contributed by atoms with Crippen molar-refractivity contribution in [2.75, 3.05) is 0 Å². The topological polar surface area (TPSA) is 42.7 Å². The van der Waals surface area contributed by atoms with E-state index in [2.05, 4.69) is 47.5 Å². The maximum atomic E-state index is 4.64. The number of aromatic nitrogens is 3. The molecular formula is C13H20N4. The number of rotatable bonds is 4. The summed E-state index contributed by atoms with van der Waals surface area (Å²) in [7, 11) is 0. The van der Waals surface area contributed by atoms with Crippen LogP contribution in [0, 0.1) is 0 Å². The van der Waals surface area contributed by atoms with Crippen molar-refractivity contribution < 1.29 is 0 Å². The molecule has 0 radical (unpaired) electrons. The normalized spacial score (nSPS) is 11.9. The number of fused-ring (bicyclic) bond motifs is 1. The van der Waals surface area contributed by atoms with Gasteiger partial charge in [0.1, 0.15) is 11.3 Å². The van der Waals surface area contributed by atoms with Gasteiger partial charge in [-0.2, -0.15) is 0 Å². The molecular weight excluding hydrogens is 212 g/mol. The first-order valence-corrected chi connectivity index (χ1v) is 6.14. The fraction of sp³-hybridized carbons (Fsp3) is 0.538. The van der Waals surface area contributed by atoms with Gasteiger partial charge in [-0.3, -0.25) is 0 Å². The average Bonchev–Trinajstić information content (AvgIpc) is 2.64. The molecule has 0 amide bonds. The molecule has 4 heteroatoms. The van der Waals surface area contributed by atoms with Gasteiger partial charge in [-0.1, -0.05) is 13.8 Å². The smallest absolute Gasteiger partial charge is 0.160 e. The van der Waals surface area contributed by atoms with E-state index in [-0.39, 0.29) is 0 Å². The molecule has 0 unspecified atom stereocenters. The lowest BCUT2D eigenvalue weighted by Crippen LogP contribution is -2.24. The lowest BCUT2D eigenvalue weighted by Gasteiger charge is -2.13. The van der Waals surface area contributed by atoms with Gasteiger partial charge in [0.25, 0.3) is 0 Å². The number of nitrogens with zero attached hydrogens (tertiary/aromatic N) is 3. The Morgan fingerprint density at radius 1 is 1.29 bits per heavy atom. The Labute approximate surface area is 102 Å². The van der Waals surface area contributed by atoms with Crippen molar-refractivity contribution in [3.05, 3.63) is 24.2 Å². The van der Waals surface area contributed by atoms with Crippen LogP contribution in [0.2, 0.25) is 0 Å². The molecule has 2 heterocycles. The van der Waals surface area contributed by atoms with Crippen LogP contribution in [-0.2, 0) is 6.54 Å². The van der Waals surface area contributed by atoms with Gasteiger partial charge in [0.2, 0.25) is 0 Å². The Morgan fingerprint density at radius 3 is 2.71 bits per heavy atom. The molecule has 1 N–H and O–H groups in total. The first-order chi connectivity index (χ1) is 8.09. The summed E-state index contributed by atoms with van der Waals surface area (Å²) in [5.74, 6) is 1.06. The summed E-state index contributed by atoms with van der Waals surface area (Å²) < 4.78 is 2.20. The van der Waals surface area contributed by atoms with Crippen LogP contribution in [0.1, 0.15) is 39.6 Å². The van der Waals surface area contributed by atoms with Gasteiger partial charge in [-0.25, -0.2) is 9.97 Å². The van der Waals surface area contributed by atoms with E-state index in [0.29, 0.717) is 12.1 Å². The van der Waals surface area contributed by atoms with Crippen LogP contribution in [0.25, 0.3) is 11.2 Å². The summed E-state index contributed by atoms with van der Waals surface area (Å²) in [6.45, 7) is 9.39. The number of pyridine rings is 1. The predicted octanol–water partition coefficient (Wildman–Crippen LogP) is 2.51. The van der Waals surface area contributed by atoms with E-state index in [1.807, 2.05) is 18.3 Å². The zero-order valence-corrected chi connectivity index (χ0v) is 10.9. The highest BCUT2D eigenvalue weighted by molar-refractivity contribution is 5.71. The van der Waals surface area contributed by atoms with E-state index in [9.17, 15) is 0 Å². The highest BCUT2D eigenvalue weighted by Gasteiger charge is 2.13. The minimum Gasteiger partial charge on any atom is -0.309 e. The fourth-order valence-corrected chi connectivity index (χ4v) is 1.94. The zero-order valence-electron chi connectivity index (χ0n) is 10.9. The fourth-order valence-electron chi connectivity index (χ4n) is 1.94. The second kappa shape index (κ2) is 4.84. The molecule has 0 atom stereocenters. The average molecular weight is 232 g/mol. The summed E-state index contributed by atoms with van der Waals surface area (Å²) in [5.41, 5.74) is 1.95. The Balaban J connectivity index is 2.43. The van der Waals surface area contributed by atoms with E-state index in [0.717, 1.165) is 23.5 Å². The number of imidazole rings is 1. The van der Waals surface area contributed by atoms with Crippen molar-refractivity contribution >= 4 is 11.2 Å². The van der Waals surface area contributed by atoms with E-state index in [1.165, 1.54) is 0 Å². The maximum Gasteiger partial charge on any atom is 0.160 e. The van der Waals surface area contributed by atoms with E-state index >= 15 is 0 Å². The third-order valence-electron chi connectivity index (χ3n) is 2.71. The number of nitrogens with one attached hydrogen (secondary N) is 1. The zero-order chi connectivity index (χ0) is 12.4. The van der Waals surface area contributed by atoms with Crippen LogP contribution in [0.5, 0.6) is 0 Å². The third kappa shape index (κ3) is 2.47. The molecule has 0 saturated heterocycles. The van der Waals surface area contributed by atoms with Crippen LogP contribution in [0.15, 0.2) is 18.3 Å². The second-order valence-corrected chi connectivity index (χ2v) is 4.87. The molecule has 0 fully saturated rings. The SMILES string of the molecule is CC(C)NCc1nc2cccnc2n1C(C)C. The molecule has 4 nitrogen and oxygen atoms in total.